The lowest BCUT2D eigenvalue weighted by Gasteiger charge is -2.36. The molecule has 3 aliphatic rings. The third-order valence-electron chi connectivity index (χ3n) is 7.23. The third-order valence-corrected chi connectivity index (χ3v) is 9.14. The van der Waals surface area contributed by atoms with Gasteiger partial charge in [0, 0.05) is 11.5 Å². The van der Waals surface area contributed by atoms with Crippen LogP contribution < -0.4 is 0 Å². The van der Waals surface area contributed by atoms with Gasteiger partial charge >= 0.3 is 0 Å². The average molecular weight is 377 g/mol. The zero-order valence-electron chi connectivity index (χ0n) is 15.3. The van der Waals surface area contributed by atoms with E-state index in [2.05, 4.69) is 13.8 Å². The standard InChI is InChI=1S/C20H24FNO3S/c1-13-10-14(4-6-16(13)21)5-7-18(23)22-17-11-15-8-9-20(17,19(15,2)3)12-26(22,24)25/h4-7,10,15,17H,8-9,11-12H2,1-3H3. The van der Waals surface area contributed by atoms with E-state index in [0.29, 0.717) is 17.0 Å². The van der Waals surface area contributed by atoms with Gasteiger partial charge in [-0.15, -0.1) is 0 Å². The van der Waals surface area contributed by atoms with Gasteiger partial charge in [-0.2, -0.15) is 0 Å². The molecule has 6 heteroatoms. The van der Waals surface area contributed by atoms with E-state index in [9.17, 15) is 17.6 Å². The second-order valence-corrected chi connectivity index (χ2v) is 10.4. The van der Waals surface area contributed by atoms with Crippen LogP contribution in [0, 0.1) is 29.5 Å². The molecule has 3 unspecified atom stereocenters. The zero-order valence-corrected chi connectivity index (χ0v) is 16.1. The van der Waals surface area contributed by atoms with Crippen molar-refractivity contribution < 1.29 is 17.6 Å². The molecule has 1 saturated heterocycles. The molecule has 1 aromatic carbocycles. The van der Waals surface area contributed by atoms with Crippen molar-refractivity contribution in [1.29, 1.82) is 0 Å². The lowest BCUT2D eigenvalue weighted by atomic mass is 9.69. The summed E-state index contributed by atoms with van der Waals surface area (Å²) < 4.78 is 40.1. The Morgan fingerprint density at radius 3 is 2.73 bits per heavy atom. The van der Waals surface area contributed by atoms with E-state index in [1.54, 1.807) is 25.1 Å². The van der Waals surface area contributed by atoms with Crippen LogP contribution in [0.3, 0.4) is 0 Å². The molecule has 1 aliphatic heterocycles. The fraction of sp³-hybridized carbons (Fsp3) is 0.550. The first-order chi connectivity index (χ1) is 12.1. The van der Waals surface area contributed by atoms with Crippen LogP contribution in [0.15, 0.2) is 24.3 Å². The van der Waals surface area contributed by atoms with Crippen molar-refractivity contribution in [3.05, 3.63) is 41.2 Å². The van der Waals surface area contributed by atoms with Crippen molar-refractivity contribution in [2.24, 2.45) is 16.7 Å². The van der Waals surface area contributed by atoms with Crippen LogP contribution in [0.2, 0.25) is 0 Å². The predicted octanol–water partition coefficient (Wildman–Crippen LogP) is 3.51. The highest BCUT2D eigenvalue weighted by molar-refractivity contribution is 7.90. The minimum absolute atomic E-state index is 0.0580. The van der Waals surface area contributed by atoms with E-state index in [0.717, 1.165) is 23.6 Å². The van der Waals surface area contributed by atoms with Gasteiger partial charge in [-0.1, -0.05) is 19.9 Å². The summed E-state index contributed by atoms with van der Waals surface area (Å²) in [5.41, 5.74) is 0.795. The number of fused-ring (bicyclic) bond motifs is 1. The van der Waals surface area contributed by atoms with E-state index in [4.69, 9.17) is 0 Å². The Hall–Kier alpha value is -1.69. The highest BCUT2D eigenvalue weighted by atomic mass is 32.2. The maximum absolute atomic E-state index is 13.4. The van der Waals surface area contributed by atoms with Crippen LogP contribution in [0.25, 0.3) is 6.08 Å². The Labute approximate surface area is 154 Å². The van der Waals surface area contributed by atoms with E-state index in [1.807, 2.05) is 0 Å². The topological polar surface area (TPSA) is 54.5 Å². The smallest absolute Gasteiger partial charge is 0.260 e. The predicted molar refractivity (Wildman–Crippen MR) is 98.1 cm³/mol. The van der Waals surface area contributed by atoms with Crippen molar-refractivity contribution in [2.45, 2.75) is 46.1 Å². The SMILES string of the molecule is Cc1cc(C=CC(=O)N2C3CC4CCC3(CS2(=O)=O)C4(C)C)ccc1F. The van der Waals surface area contributed by atoms with Gasteiger partial charge in [-0.3, -0.25) is 4.79 Å². The number of rotatable bonds is 2. The Morgan fingerprint density at radius 1 is 1.35 bits per heavy atom. The Balaban J connectivity index is 1.64. The molecular formula is C20H24FNO3S. The number of benzene rings is 1. The maximum Gasteiger partial charge on any atom is 0.260 e. The highest BCUT2D eigenvalue weighted by Gasteiger charge is 2.72. The number of aryl methyl sites for hydroxylation is 1. The number of hydrogen-bond acceptors (Lipinski definition) is 3. The highest BCUT2D eigenvalue weighted by Crippen LogP contribution is 2.69. The molecule has 26 heavy (non-hydrogen) atoms. The van der Waals surface area contributed by atoms with Crippen LogP contribution in [0.4, 0.5) is 4.39 Å². The van der Waals surface area contributed by atoms with Gasteiger partial charge in [0.25, 0.3) is 5.91 Å². The van der Waals surface area contributed by atoms with E-state index >= 15 is 0 Å². The summed E-state index contributed by atoms with van der Waals surface area (Å²) in [7, 11) is -3.61. The first kappa shape index (κ1) is 17.7. The molecule has 1 amide bonds. The Bertz CT molecular complexity index is 921. The fourth-order valence-electron chi connectivity index (χ4n) is 5.59. The molecule has 2 aliphatic carbocycles. The van der Waals surface area contributed by atoms with E-state index in [-0.39, 0.29) is 28.4 Å². The van der Waals surface area contributed by atoms with Gasteiger partial charge in [-0.05, 0) is 66.9 Å². The number of sulfonamides is 1. The molecule has 3 atom stereocenters. The first-order valence-electron chi connectivity index (χ1n) is 9.09. The van der Waals surface area contributed by atoms with Crippen LogP contribution in [-0.4, -0.2) is 30.4 Å². The normalized spacial score (nSPS) is 33.8. The minimum atomic E-state index is -3.61. The summed E-state index contributed by atoms with van der Waals surface area (Å²) >= 11 is 0. The van der Waals surface area contributed by atoms with Gasteiger partial charge in [-0.25, -0.2) is 17.1 Å². The summed E-state index contributed by atoms with van der Waals surface area (Å²) in [6.07, 6.45) is 5.56. The molecule has 2 bridgehead atoms. The summed E-state index contributed by atoms with van der Waals surface area (Å²) in [6.45, 7) is 5.97. The number of nitrogens with zero attached hydrogens (tertiary/aromatic N) is 1. The number of halogens is 1. The van der Waals surface area contributed by atoms with Crippen molar-refractivity contribution in [2.75, 3.05) is 5.75 Å². The Kier molecular flexibility index (Phi) is 3.69. The fourth-order valence-corrected chi connectivity index (χ4v) is 8.10. The number of hydrogen-bond donors (Lipinski definition) is 0. The summed E-state index contributed by atoms with van der Waals surface area (Å²) in [4.78, 5) is 12.8. The third kappa shape index (κ3) is 2.24. The minimum Gasteiger partial charge on any atom is -0.269 e. The summed E-state index contributed by atoms with van der Waals surface area (Å²) in [5.74, 6) is -0.246. The van der Waals surface area contributed by atoms with E-state index < -0.39 is 15.9 Å². The number of amides is 1. The first-order valence-corrected chi connectivity index (χ1v) is 10.7. The second kappa shape index (κ2) is 5.41. The monoisotopic (exact) mass is 377 g/mol. The lowest BCUT2D eigenvalue weighted by Crippen LogP contribution is -2.43. The molecule has 140 valence electrons. The van der Waals surface area contributed by atoms with Gasteiger partial charge < -0.3 is 0 Å². The Morgan fingerprint density at radius 2 is 2.08 bits per heavy atom. The van der Waals surface area contributed by atoms with Crippen molar-refractivity contribution in [3.8, 4) is 0 Å². The molecule has 1 aromatic rings. The summed E-state index contributed by atoms with van der Waals surface area (Å²) in [6, 6.07) is 4.33. The largest absolute Gasteiger partial charge is 0.269 e. The second-order valence-electron chi connectivity index (χ2n) is 8.60. The van der Waals surface area contributed by atoms with Crippen molar-refractivity contribution >= 4 is 22.0 Å². The molecule has 2 saturated carbocycles. The van der Waals surface area contributed by atoms with Crippen LogP contribution in [0.5, 0.6) is 0 Å². The van der Waals surface area contributed by atoms with Crippen molar-refractivity contribution in [3.63, 3.8) is 0 Å². The molecular weight excluding hydrogens is 353 g/mol. The zero-order chi connectivity index (χ0) is 18.9. The quantitative estimate of drug-likeness (QED) is 0.741. The van der Waals surface area contributed by atoms with E-state index in [1.165, 1.54) is 12.1 Å². The van der Waals surface area contributed by atoms with Gasteiger partial charge in [0.1, 0.15) is 5.82 Å². The van der Waals surface area contributed by atoms with Gasteiger partial charge in [0.2, 0.25) is 10.0 Å². The lowest BCUT2D eigenvalue weighted by molar-refractivity contribution is -0.123. The molecule has 1 heterocycles. The van der Waals surface area contributed by atoms with Gasteiger partial charge in [0.15, 0.2) is 0 Å². The van der Waals surface area contributed by atoms with Crippen molar-refractivity contribution in [1.82, 2.24) is 4.31 Å². The molecule has 4 rings (SSSR count). The van der Waals surface area contributed by atoms with Crippen LogP contribution >= 0.6 is 0 Å². The van der Waals surface area contributed by atoms with Crippen LogP contribution in [0.1, 0.15) is 44.2 Å². The summed E-state index contributed by atoms with van der Waals surface area (Å²) in [5, 5.41) is 0. The molecule has 0 radical (unpaired) electrons. The van der Waals surface area contributed by atoms with Gasteiger partial charge in [0.05, 0.1) is 11.8 Å². The molecule has 0 aromatic heterocycles. The number of carbonyl (C=O) groups excluding carboxylic acids is 1. The maximum atomic E-state index is 13.4. The molecule has 4 nitrogen and oxygen atoms in total. The molecule has 0 N–H and O–H groups in total. The molecule has 1 spiro atoms. The number of carbonyl (C=O) groups is 1. The molecule has 3 fully saturated rings. The van der Waals surface area contributed by atoms with Crippen LogP contribution in [-0.2, 0) is 14.8 Å². The average Bonchev–Trinajstić information content (AvgIpc) is 3.03.